The maximum absolute atomic E-state index is 8.56. The van der Waals surface area contributed by atoms with E-state index >= 15 is 0 Å². The molecule has 2 nitrogen and oxygen atoms in total. The van der Waals surface area contributed by atoms with Gasteiger partial charge >= 0.3 is 0 Å². The summed E-state index contributed by atoms with van der Waals surface area (Å²) in [6.07, 6.45) is 8.78. The number of nitrogens with two attached hydrogens (primary N) is 1. The van der Waals surface area contributed by atoms with E-state index in [1.54, 1.807) is 6.08 Å². The van der Waals surface area contributed by atoms with Crippen LogP contribution in [0.5, 0.6) is 0 Å². The van der Waals surface area contributed by atoms with Crippen molar-refractivity contribution in [2.75, 3.05) is 0 Å². The third-order valence-corrected chi connectivity index (χ3v) is 1.45. The van der Waals surface area contributed by atoms with Crippen molar-refractivity contribution >= 4 is 0 Å². The molecule has 0 bridgehead atoms. The Morgan fingerprint density at radius 3 is 2.73 bits per heavy atom. The molecule has 2 heteroatoms. The fraction of sp³-hybridized carbons (Fsp3) is 0.444. The first-order valence-electron chi connectivity index (χ1n) is 3.78. The topological polar surface area (TPSA) is 49.8 Å². The summed E-state index contributed by atoms with van der Waals surface area (Å²) >= 11 is 0. The zero-order chi connectivity index (χ0) is 8.53. The van der Waals surface area contributed by atoms with Gasteiger partial charge in [-0.25, -0.2) is 0 Å². The SMILES string of the molecule is CCC(C#N)C/C=C\C=C/N. The predicted octanol–water partition coefficient (Wildman–Crippen LogP) is 1.95. The van der Waals surface area contributed by atoms with Crippen LogP contribution >= 0.6 is 0 Å². The largest absolute Gasteiger partial charge is 0.405 e. The van der Waals surface area contributed by atoms with E-state index in [4.69, 9.17) is 11.0 Å². The average Bonchev–Trinajstić information content (AvgIpc) is 2.05. The van der Waals surface area contributed by atoms with Crippen LogP contribution in [0.1, 0.15) is 19.8 Å². The van der Waals surface area contributed by atoms with E-state index in [1.165, 1.54) is 6.20 Å². The van der Waals surface area contributed by atoms with Crippen molar-refractivity contribution in [3.05, 3.63) is 24.4 Å². The molecule has 0 saturated carbocycles. The lowest BCUT2D eigenvalue weighted by atomic mass is 10.0. The van der Waals surface area contributed by atoms with Gasteiger partial charge in [-0.2, -0.15) is 5.26 Å². The van der Waals surface area contributed by atoms with Crippen LogP contribution in [-0.4, -0.2) is 0 Å². The molecule has 60 valence electrons. The fourth-order valence-electron chi connectivity index (χ4n) is 0.696. The van der Waals surface area contributed by atoms with Crippen molar-refractivity contribution in [1.82, 2.24) is 0 Å². The maximum atomic E-state index is 8.56. The molecule has 0 amide bonds. The first-order chi connectivity index (χ1) is 5.35. The summed E-state index contributed by atoms with van der Waals surface area (Å²) < 4.78 is 0. The molecule has 0 aromatic carbocycles. The molecule has 11 heavy (non-hydrogen) atoms. The summed E-state index contributed by atoms with van der Waals surface area (Å²) in [7, 11) is 0. The second-order valence-corrected chi connectivity index (χ2v) is 2.28. The Morgan fingerprint density at radius 1 is 1.55 bits per heavy atom. The quantitative estimate of drug-likeness (QED) is 0.623. The van der Waals surface area contributed by atoms with Gasteiger partial charge in [-0.15, -0.1) is 0 Å². The van der Waals surface area contributed by atoms with E-state index in [2.05, 4.69) is 6.07 Å². The van der Waals surface area contributed by atoms with Gasteiger partial charge in [0.05, 0.1) is 6.07 Å². The summed E-state index contributed by atoms with van der Waals surface area (Å²) in [5, 5.41) is 8.56. The van der Waals surface area contributed by atoms with E-state index in [0.717, 1.165) is 12.8 Å². The normalized spacial score (nSPS) is 13.8. The molecule has 0 aliphatic heterocycles. The molecule has 0 fully saturated rings. The molecule has 0 heterocycles. The molecule has 2 N–H and O–H groups in total. The molecule has 0 spiro atoms. The van der Waals surface area contributed by atoms with Crippen LogP contribution < -0.4 is 5.73 Å². The lowest BCUT2D eigenvalue weighted by Crippen LogP contribution is -1.90. The molecule has 0 aromatic rings. The standard InChI is InChI=1S/C9H14N2/c1-2-9(8-11)6-4-3-5-7-10/h3-5,7,9H,2,6,10H2,1H3/b4-3-,7-5-. The fourth-order valence-corrected chi connectivity index (χ4v) is 0.696. The van der Waals surface area contributed by atoms with E-state index in [-0.39, 0.29) is 5.92 Å². The zero-order valence-corrected chi connectivity index (χ0v) is 6.83. The van der Waals surface area contributed by atoms with Crippen molar-refractivity contribution in [3.63, 3.8) is 0 Å². The van der Waals surface area contributed by atoms with Crippen molar-refractivity contribution in [2.24, 2.45) is 11.7 Å². The first kappa shape index (κ1) is 9.77. The highest BCUT2D eigenvalue weighted by Gasteiger charge is 1.98. The highest BCUT2D eigenvalue weighted by atomic mass is 14.5. The van der Waals surface area contributed by atoms with Gasteiger partial charge in [0, 0.05) is 5.92 Å². The second-order valence-electron chi connectivity index (χ2n) is 2.28. The number of hydrogen-bond donors (Lipinski definition) is 1. The minimum Gasteiger partial charge on any atom is -0.405 e. The molecular weight excluding hydrogens is 136 g/mol. The Balaban J connectivity index is 3.60. The summed E-state index contributed by atoms with van der Waals surface area (Å²) in [6, 6.07) is 2.22. The molecule has 0 saturated heterocycles. The molecular formula is C9H14N2. The Bertz CT molecular complexity index is 174. The lowest BCUT2D eigenvalue weighted by molar-refractivity contribution is 0.652. The summed E-state index contributed by atoms with van der Waals surface area (Å²) in [5.74, 6) is 0.150. The predicted molar refractivity (Wildman–Crippen MR) is 46.5 cm³/mol. The third kappa shape index (κ3) is 5.23. The number of nitrogens with zero attached hydrogens (tertiary/aromatic N) is 1. The van der Waals surface area contributed by atoms with E-state index in [1.807, 2.05) is 19.1 Å². The van der Waals surface area contributed by atoms with Crippen molar-refractivity contribution in [3.8, 4) is 6.07 Å². The van der Waals surface area contributed by atoms with Crippen LogP contribution in [0.3, 0.4) is 0 Å². The lowest BCUT2D eigenvalue weighted by Gasteiger charge is -1.97. The van der Waals surface area contributed by atoms with Crippen LogP contribution in [0, 0.1) is 17.2 Å². The van der Waals surface area contributed by atoms with Gasteiger partial charge in [-0.3, -0.25) is 0 Å². The third-order valence-electron chi connectivity index (χ3n) is 1.45. The Kier molecular flexibility index (Phi) is 6.11. The first-order valence-corrected chi connectivity index (χ1v) is 3.78. The minimum atomic E-state index is 0.150. The number of hydrogen-bond acceptors (Lipinski definition) is 2. The highest BCUT2D eigenvalue weighted by molar-refractivity contribution is 5.02. The van der Waals surface area contributed by atoms with Crippen LogP contribution in [0.2, 0.25) is 0 Å². The smallest absolute Gasteiger partial charge is 0.0658 e. The Morgan fingerprint density at radius 2 is 2.27 bits per heavy atom. The van der Waals surface area contributed by atoms with Crippen LogP contribution in [0.25, 0.3) is 0 Å². The monoisotopic (exact) mass is 150 g/mol. The van der Waals surface area contributed by atoms with Gasteiger partial charge in [0.15, 0.2) is 0 Å². The molecule has 0 aliphatic carbocycles. The molecule has 0 radical (unpaired) electrons. The van der Waals surface area contributed by atoms with Gasteiger partial charge in [-0.1, -0.05) is 19.1 Å². The maximum Gasteiger partial charge on any atom is 0.0658 e. The zero-order valence-electron chi connectivity index (χ0n) is 6.83. The Labute approximate surface area is 68.0 Å². The number of nitriles is 1. The second kappa shape index (κ2) is 6.88. The molecule has 1 unspecified atom stereocenters. The van der Waals surface area contributed by atoms with Gasteiger partial charge in [0.2, 0.25) is 0 Å². The van der Waals surface area contributed by atoms with Gasteiger partial charge < -0.3 is 5.73 Å². The Hall–Kier alpha value is -1.23. The molecule has 0 aliphatic rings. The van der Waals surface area contributed by atoms with Gasteiger partial charge in [0.1, 0.15) is 0 Å². The van der Waals surface area contributed by atoms with Crippen molar-refractivity contribution in [1.29, 1.82) is 5.26 Å². The van der Waals surface area contributed by atoms with Crippen molar-refractivity contribution in [2.45, 2.75) is 19.8 Å². The molecule has 0 aromatic heterocycles. The van der Waals surface area contributed by atoms with Gasteiger partial charge in [0.25, 0.3) is 0 Å². The van der Waals surface area contributed by atoms with Crippen LogP contribution in [-0.2, 0) is 0 Å². The van der Waals surface area contributed by atoms with E-state index in [0.29, 0.717) is 0 Å². The van der Waals surface area contributed by atoms with E-state index < -0.39 is 0 Å². The molecule has 0 rings (SSSR count). The van der Waals surface area contributed by atoms with Crippen molar-refractivity contribution < 1.29 is 0 Å². The summed E-state index contributed by atoms with van der Waals surface area (Å²) in [6.45, 7) is 2.01. The average molecular weight is 150 g/mol. The highest BCUT2D eigenvalue weighted by Crippen LogP contribution is 2.06. The summed E-state index contributed by atoms with van der Waals surface area (Å²) in [5.41, 5.74) is 5.11. The van der Waals surface area contributed by atoms with Crippen LogP contribution in [0.4, 0.5) is 0 Å². The van der Waals surface area contributed by atoms with Crippen LogP contribution in [0.15, 0.2) is 24.4 Å². The minimum absolute atomic E-state index is 0.150. The molecule has 1 atom stereocenters. The van der Waals surface area contributed by atoms with E-state index in [9.17, 15) is 0 Å². The van der Waals surface area contributed by atoms with Gasteiger partial charge in [-0.05, 0) is 25.1 Å². The summed E-state index contributed by atoms with van der Waals surface area (Å²) in [4.78, 5) is 0. The number of allylic oxidation sites excluding steroid dienone is 3. The number of rotatable bonds is 4.